The van der Waals surface area contributed by atoms with E-state index < -0.39 is 0 Å². The zero-order chi connectivity index (χ0) is 10.5. The summed E-state index contributed by atoms with van der Waals surface area (Å²) < 4.78 is 0. The Bertz CT molecular complexity index is 257. The van der Waals surface area contributed by atoms with Gasteiger partial charge in [0.15, 0.2) is 0 Å². The molecule has 0 saturated heterocycles. The van der Waals surface area contributed by atoms with Crippen LogP contribution in [0.15, 0.2) is 0 Å². The van der Waals surface area contributed by atoms with Crippen molar-refractivity contribution >= 4 is 0 Å². The molecule has 90 valence electrons. The molecule has 0 amide bonds. The van der Waals surface area contributed by atoms with Gasteiger partial charge in [0.1, 0.15) is 0 Å². The highest BCUT2D eigenvalue weighted by molar-refractivity contribution is 4.96. The molecule has 0 spiro atoms. The standard InChI is InChI=1S/C16H26/c1-2-13-6-7-16(15(13)3-1)14-9-11-4-5-12(8-11)10-14/h11-16H,1-10H2. The van der Waals surface area contributed by atoms with Crippen LogP contribution in [0.1, 0.15) is 64.2 Å². The molecule has 0 nitrogen and oxygen atoms in total. The zero-order valence-corrected chi connectivity index (χ0v) is 10.5. The first kappa shape index (κ1) is 9.97. The Labute approximate surface area is 100 Å². The van der Waals surface area contributed by atoms with E-state index in [1.54, 1.807) is 64.2 Å². The minimum atomic E-state index is 1.16. The van der Waals surface area contributed by atoms with Crippen molar-refractivity contribution in [2.45, 2.75) is 64.2 Å². The van der Waals surface area contributed by atoms with Crippen molar-refractivity contribution in [1.29, 1.82) is 0 Å². The van der Waals surface area contributed by atoms with Gasteiger partial charge in [-0.25, -0.2) is 0 Å². The molecule has 4 fully saturated rings. The molecule has 2 bridgehead atoms. The van der Waals surface area contributed by atoms with Gasteiger partial charge in [0.2, 0.25) is 0 Å². The highest BCUT2D eigenvalue weighted by Gasteiger charge is 2.45. The molecule has 5 atom stereocenters. The topological polar surface area (TPSA) is 0 Å². The van der Waals surface area contributed by atoms with E-state index in [1.165, 1.54) is 23.7 Å². The molecule has 16 heavy (non-hydrogen) atoms. The van der Waals surface area contributed by atoms with Crippen LogP contribution >= 0.6 is 0 Å². The monoisotopic (exact) mass is 218 g/mol. The summed E-state index contributed by atoms with van der Waals surface area (Å²) in [5.41, 5.74) is 0. The van der Waals surface area contributed by atoms with Gasteiger partial charge in [0, 0.05) is 0 Å². The molecule has 0 aromatic heterocycles. The van der Waals surface area contributed by atoms with Crippen molar-refractivity contribution < 1.29 is 0 Å². The Morgan fingerprint density at radius 2 is 1.25 bits per heavy atom. The van der Waals surface area contributed by atoms with E-state index in [0.717, 1.165) is 11.8 Å². The van der Waals surface area contributed by atoms with E-state index in [1.807, 2.05) is 0 Å². The van der Waals surface area contributed by atoms with Crippen molar-refractivity contribution in [1.82, 2.24) is 0 Å². The molecule has 0 aliphatic heterocycles. The van der Waals surface area contributed by atoms with Gasteiger partial charge in [-0.05, 0) is 74.0 Å². The molecule has 4 saturated carbocycles. The van der Waals surface area contributed by atoms with Crippen molar-refractivity contribution in [3.8, 4) is 0 Å². The van der Waals surface area contributed by atoms with Gasteiger partial charge in [-0.1, -0.05) is 25.7 Å². The predicted molar refractivity (Wildman–Crippen MR) is 67.1 cm³/mol. The van der Waals surface area contributed by atoms with Gasteiger partial charge in [-0.2, -0.15) is 0 Å². The number of hydrogen-bond acceptors (Lipinski definition) is 0. The number of hydrogen-bond donors (Lipinski definition) is 0. The number of rotatable bonds is 1. The first-order valence-electron chi connectivity index (χ1n) is 7.90. The Morgan fingerprint density at radius 1 is 0.500 bits per heavy atom. The van der Waals surface area contributed by atoms with Crippen LogP contribution < -0.4 is 0 Å². The van der Waals surface area contributed by atoms with E-state index in [0.29, 0.717) is 0 Å². The van der Waals surface area contributed by atoms with Gasteiger partial charge in [-0.15, -0.1) is 0 Å². The summed E-state index contributed by atoms with van der Waals surface area (Å²) in [7, 11) is 0. The van der Waals surface area contributed by atoms with Gasteiger partial charge >= 0.3 is 0 Å². The maximum atomic E-state index is 1.63. The molecule has 0 N–H and O–H groups in total. The lowest BCUT2D eigenvalue weighted by Crippen LogP contribution is -2.26. The summed E-state index contributed by atoms with van der Waals surface area (Å²) in [6, 6.07) is 0. The first-order chi connectivity index (χ1) is 7.90. The summed E-state index contributed by atoms with van der Waals surface area (Å²) in [6.45, 7) is 0. The van der Waals surface area contributed by atoms with Gasteiger partial charge in [0.25, 0.3) is 0 Å². The molecular weight excluding hydrogens is 192 g/mol. The first-order valence-corrected chi connectivity index (χ1v) is 7.90. The molecule has 4 rings (SSSR count). The van der Waals surface area contributed by atoms with Gasteiger partial charge < -0.3 is 0 Å². The smallest absolute Gasteiger partial charge is 0.0354 e. The predicted octanol–water partition coefficient (Wildman–Crippen LogP) is 4.64. The van der Waals surface area contributed by atoms with Crippen LogP contribution in [0.5, 0.6) is 0 Å². The van der Waals surface area contributed by atoms with Crippen LogP contribution in [-0.2, 0) is 0 Å². The SMILES string of the molecule is C1CC2CCC(C3CC4CCC(C4)C3)C2C1. The van der Waals surface area contributed by atoms with Gasteiger partial charge in [-0.3, -0.25) is 0 Å². The van der Waals surface area contributed by atoms with Crippen LogP contribution in [-0.4, -0.2) is 0 Å². The van der Waals surface area contributed by atoms with Crippen molar-refractivity contribution in [3.63, 3.8) is 0 Å². The second kappa shape index (κ2) is 3.75. The second-order valence-corrected chi connectivity index (χ2v) is 7.37. The normalized spacial score (nSPS) is 55.5. The molecule has 0 aromatic carbocycles. The largest absolute Gasteiger partial charge is 0.0527 e. The number of fused-ring (bicyclic) bond motifs is 3. The molecule has 4 aliphatic rings. The maximum absolute atomic E-state index is 1.63. The lowest BCUT2D eigenvalue weighted by molar-refractivity contribution is 0.152. The Hall–Kier alpha value is 0. The molecular formula is C16H26. The third-order valence-electron chi connectivity index (χ3n) is 6.67. The Balaban J connectivity index is 1.49. The third kappa shape index (κ3) is 1.48. The van der Waals surface area contributed by atoms with Crippen molar-refractivity contribution in [2.24, 2.45) is 35.5 Å². The van der Waals surface area contributed by atoms with Crippen LogP contribution in [0.3, 0.4) is 0 Å². The van der Waals surface area contributed by atoms with E-state index in [2.05, 4.69) is 0 Å². The summed E-state index contributed by atoms with van der Waals surface area (Å²) in [6.07, 6.45) is 16.0. The summed E-state index contributed by atoms with van der Waals surface area (Å²) >= 11 is 0. The third-order valence-corrected chi connectivity index (χ3v) is 6.67. The average Bonchev–Trinajstić information content (AvgIpc) is 2.93. The molecule has 0 aromatic rings. The summed E-state index contributed by atoms with van der Waals surface area (Å²) in [5.74, 6) is 7.01. The van der Waals surface area contributed by atoms with Crippen LogP contribution in [0.4, 0.5) is 0 Å². The molecule has 4 aliphatic carbocycles. The van der Waals surface area contributed by atoms with Crippen LogP contribution in [0.25, 0.3) is 0 Å². The van der Waals surface area contributed by atoms with Crippen molar-refractivity contribution in [3.05, 3.63) is 0 Å². The summed E-state index contributed by atoms with van der Waals surface area (Å²) in [5, 5.41) is 0. The second-order valence-electron chi connectivity index (χ2n) is 7.37. The van der Waals surface area contributed by atoms with E-state index in [-0.39, 0.29) is 0 Å². The molecule has 5 unspecified atom stereocenters. The van der Waals surface area contributed by atoms with E-state index in [4.69, 9.17) is 0 Å². The van der Waals surface area contributed by atoms with Crippen LogP contribution in [0, 0.1) is 35.5 Å². The van der Waals surface area contributed by atoms with Crippen molar-refractivity contribution in [2.75, 3.05) is 0 Å². The fraction of sp³-hybridized carbons (Fsp3) is 1.00. The van der Waals surface area contributed by atoms with E-state index >= 15 is 0 Å². The quantitative estimate of drug-likeness (QED) is 0.601. The van der Waals surface area contributed by atoms with Crippen LogP contribution in [0.2, 0.25) is 0 Å². The zero-order valence-electron chi connectivity index (χ0n) is 10.5. The average molecular weight is 218 g/mol. The summed E-state index contributed by atoms with van der Waals surface area (Å²) in [4.78, 5) is 0. The maximum Gasteiger partial charge on any atom is -0.0354 e. The Kier molecular flexibility index (Phi) is 2.34. The lowest BCUT2D eigenvalue weighted by atomic mass is 9.71. The van der Waals surface area contributed by atoms with Gasteiger partial charge in [0.05, 0.1) is 0 Å². The molecule has 0 radical (unpaired) electrons. The minimum absolute atomic E-state index is 1.16. The Morgan fingerprint density at radius 3 is 2.06 bits per heavy atom. The fourth-order valence-electron chi connectivity index (χ4n) is 6.10. The fourth-order valence-corrected chi connectivity index (χ4v) is 6.10. The lowest BCUT2D eigenvalue weighted by Gasteiger charge is -2.35. The molecule has 0 heteroatoms. The van der Waals surface area contributed by atoms with E-state index in [9.17, 15) is 0 Å². The highest BCUT2D eigenvalue weighted by Crippen LogP contribution is 2.56. The minimum Gasteiger partial charge on any atom is -0.0527 e. The molecule has 0 heterocycles. The highest BCUT2D eigenvalue weighted by atomic mass is 14.5.